The van der Waals surface area contributed by atoms with E-state index < -0.39 is 116 Å². The van der Waals surface area contributed by atoms with E-state index in [1.54, 1.807) is 158 Å². The molecular weight excluding hydrogens is 1150 g/mol. The van der Waals surface area contributed by atoms with Gasteiger partial charge in [0, 0.05) is 5.69 Å². The molecule has 8 aromatic carbocycles. The number of hydrogen-bond donors (Lipinski definition) is 2. The van der Waals surface area contributed by atoms with Gasteiger partial charge in [-0.1, -0.05) is 146 Å². The van der Waals surface area contributed by atoms with Crippen LogP contribution >= 0.6 is 12.2 Å². The average molecular weight is 1210 g/mol. The van der Waals surface area contributed by atoms with Gasteiger partial charge in [0.15, 0.2) is 48.2 Å². The number of rotatable bonds is 20. The number of carbonyl (C=O) groups is 7. The van der Waals surface area contributed by atoms with E-state index in [9.17, 15) is 33.6 Å². The first-order valence-corrected chi connectivity index (χ1v) is 28.2. The molecule has 2 saturated heterocycles. The molecule has 0 spiro atoms. The van der Waals surface area contributed by atoms with Gasteiger partial charge in [0.25, 0.3) is 0 Å². The van der Waals surface area contributed by atoms with Crippen molar-refractivity contribution in [3.05, 3.63) is 282 Å². The quantitative estimate of drug-likeness (QED) is 0.0410. The summed E-state index contributed by atoms with van der Waals surface area (Å²) in [7, 11) is 0. The van der Waals surface area contributed by atoms with E-state index in [2.05, 4.69) is 10.6 Å². The fraction of sp³-hybridized carbons (Fsp3) is 0.176. The van der Waals surface area contributed by atoms with E-state index in [-0.39, 0.29) is 44.1 Å². The number of esters is 7. The van der Waals surface area contributed by atoms with Crippen LogP contribution in [0.2, 0.25) is 0 Å². The second kappa shape index (κ2) is 29.6. The van der Waals surface area contributed by atoms with Crippen molar-refractivity contribution in [1.82, 2.24) is 5.32 Å². The summed E-state index contributed by atoms with van der Waals surface area (Å²) in [6.07, 6.45) is -18.2. The normalized spacial score (nSPS) is 21.1. The maximum absolute atomic E-state index is 14.8. The number of carbonyl (C=O) groups excluding carboxylic acids is 7. The molecule has 2 aliphatic heterocycles. The lowest BCUT2D eigenvalue weighted by Gasteiger charge is -2.49. The van der Waals surface area contributed by atoms with E-state index in [1.165, 1.54) is 84.9 Å². The zero-order valence-corrected chi connectivity index (χ0v) is 47.4. The summed E-state index contributed by atoms with van der Waals surface area (Å²) >= 11 is 5.84. The van der Waals surface area contributed by atoms with Crippen LogP contribution in [0.1, 0.15) is 72.5 Å². The summed E-state index contributed by atoms with van der Waals surface area (Å²) in [5.74, 6) is -6.58. The fourth-order valence-corrected chi connectivity index (χ4v) is 9.78. The molecule has 2 fully saturated rings. The molecule has 0 unspecified atom stereocenters. The van der Waals surface area contributed by atoms with E-state index >= 15 is 0 Å². The molecule has 0 bridgehead atoms. The minimum absolute atomic E-state index is 0.00520. The van der Waals surface area contributed by atoms with E-state index in [0.29, 0.717) is 5.69 Å². The molecule has 20 heteroatoms. The molecule has 8 aromatic rings. The Kier molecular flexibility index (Phi) is 20.4. The molecule has 10 atom stereocenters. The van der Waals surface area contributed by atoms with Crippen molar-refractivity contribution in [3.63, 3.8) is 0 Å². The largest absolute Gasteiger partial charge is 0.459 e. The van der Waals surface area contributed by atoms with Gasteiger partial charge in [0.1, 0.15) is 31.5 Å². The zero-order chi connectivity index (χ0) is 61.2. The maximum atomic E-state index is 14.8. The lowest BCUT2D eigenvalue weighted by Crippen LogP contribution is -2.69. The lowest BCUT2D eigenvalue weighted by molar-refractivity contribution is -0.339. The van der Waals surface area contributed by atoms with Crippen molar-refractivity contribution >= 4 is 64.8 Å². The second-order valence-corrected chi connectivity index (χ2v) is 20.2. The number of hydrogen-bond acceptors (Lipinski definition) is 18. The number of para-hydroxylation sites is 1. The van der Waals surface area contributed by atoms with Crippen LogP contribution in [0, 0.1) is 0 Å². The van der Waals surface area contributed by atoms with Crippen molar-refractivity contribution in [2.45, 2.75) is 61.3 Å². The molecule has 10 rings (SSSR count). The Bertz CT molecular complexity index is 3650. The van der Waals surface area contributed by atoms with Crippen molar-refractivity contribution in [1.29, 1.82) is 0 Å². The van der Waals surface area contributed by atoms with Gasteiger partial charge >= 0.3 is 41.8 Å². The Morgan fingerprint density at radius 1 is 0.330 bits per heavy atom. The Labute approximate surface area is 510 Å². The first kappa shape index (κ1) is 60.7. The van der Waals surface area contributed by atoms with Gasteiger partial charge in [0.2, 0.25) is 0 Å². The van der Waals surface area contributed by atoms with Crippen molar-refractivity contribution < 1.29 is 80.9 Å². The molecule has 0 aromatic heterocycles. The van der Waals surface area contributed by atoms with Crippen LogP contribution in [0.4, 0.5) is 5.69 Å². The van der Waals surface area contributed by atoms with Crippen LogP contribution in [0.15, 0.2) is 243 Å². The minimum Gasteiger partial charge on any atom is -0.459 e. The standard InChI is InChI=1S/C68H56N2O17S/c71-60(43-25-9-1-10-26-43)78-41-51-54(55(83-63(74)46-31-15-4-16-32-46)57(85-65(76)48-35-19-6-20-36-48)59(80-51)70-68(88)69-50-39-23-8-24-40-50)87-67-58(86-66(77)49-37-21-7-22-38-49)56(84-64(75)47-33-17-5-18-34-47)53(82-62(73)45-29-13-3-14-30-45)52(81-67)42-79-61(72)44-27-11-2-12-28-44/h1-40,51-59,67H,41-42H2,(H2,69,70,88)/t51-,52-,53-,54-,55+,56+,57-,58-,59-,67-/m1/s1. The number of nitrogens with one attached hydrogen (secondary N) is 2. The fourth-order valence-electron chi connectivity index (χ4n) is 9.55. The number of ether oxygens (including phenoxy) is 10. The van der Waals surface area contributed by atoms with E-state index in [4.69, 9.17) is 59.6 Å². The molecule has 0 aliphatic carbocycles. The van der Waals surface area contributed by atoms with Crippen LogP contribution < -0.4 is 10.6 Å². The monoisotopic (exact) mass is 1200 g/mol. The van der Waals surface area contributed by atoms with Gasteiger partial charge < -0.3 is 58.0 Å². The Hall–Kier alpha value is -10.4. The van der Waals surface area contributed by atoms with Gasteiger partial charge in [-0.25, -0.2) is 33.6 Å². The summed E-state index contributed by atoms with van der Waals surface area (Å²) in [5, 5.41) is 6.05. The summed E-state index contributed by atoms with van der Waals surface area (Å²) in [5.41, 5.74) is 0.934. The van der Waals surface area contributed by atoms with Crippen molar-refractivity contribution in [2.75, 3.05) is 18.5 Å². The first-order valence-electron chi connectivity index (χ1n) is 27.8. The third-order valence-electron chi connectivity index (χ3n) is 13.9. The zero-order valence-electron chi connectivity index (χ0n) is 46.6. The SMILES string of the molecule is O=C(OC[C@H]1O[C@@H](NC(=S)Nc2ccccc2)[C@H](OC(=O)c2ccccc2)[C@@H](OC(=O)c2ccccc2)[C@@H]1O[C@H]1O[C@H](COC(=O)c2ccccc2)[C@@H](OC(=O)c2ccccc2)[C@H](OC(=O)c2ccccc2)[C@H]1OC(=O)c1ccccc1)c1ccccc1. The highest BCUT2D eigenvalue weighted by molar-refractivity contribution is 7.80. The van der Waals surface area contributed by atoms with Gasteiger partial charge in [-0.15, -0.1) is 0 Å². The molecule has 446 valence electrons. The smallest absolute Gasteiger partial charge is 0.338 e. The molecule has 0 saturated carbocycles. The second-order valence-electron chi connectivity index (χ2n) is 19.8. The topological polar surface area (TPSA) is 236 Å². The highest BCUT2D eigenvalue weighted by Gasteiger charge is 2.58. The Balaban J connectivity index is 1.14. The van der Waals surface area contributed by atoms with Crippen LogP contribution in [0.25, 0.3) is 0 Å². The van der Waals surface area contributed by atoms with Crippen LogP contribution in [-0.2, 0) is 47.4 Å². The van der Waals surface area contributed by atoms with Crippen LogP contribution in [0.3, 0.4) is 0 Å². The van der Waals surface area contributed by atoms with E-state index in [0.717, 1.165) is 0 Å². The Morgan fingerprint density at radius 2 is 0.614 bits per heavy atom. The third-order valence-corrected chi connectivity index (χ3v) is 14.1. The highest BCUT2D eigenvalue weighted by atomic mass is 32.1. The molecule has 2 N–H and O–H groups in total. The van der Waals surface area contributed by atoms with E-state index in [1.807, 2.05) is 0 Å². The summed E-state index contributed by atoms with van der Waals surface area (Å²) in [4.78, 5) is 101. The maximum Gasteiger partial charge on any atom is 0.338 e. The molecule has 0 radical (unpaired) electrons. The Morgan fingerprint density at radius 3 is 0.977 bits per heavy atom. The van der Waals surface area contributed by atoms with Crippen molar-refractivity contribution in [2.24, 2.45) is 0 Å². The van der Waals surface area contributed by atoms with Gasteiger partial charge in [0.05, 0.1) is 38.9 Å². The molecule has 2 aliphatic rings. The third kappa shape index (κ3) is 15.7. The number of benzene rings is 8. The van der Waals surface area contributed by atoms with Gasteiger partial charge in [-0.05, 0) is 109 Å². The van der Waals surface area contributed by atoms with Gasteiger partial charge in [-0.3, -0.25) is 0 Å². The summed E-state index contributed by atoms with van der Waals surface area (Å²) in [6, 6.07) is 63.7. The number of thiocarbonyl (C=S) groups is 1. The minimum atomic E-state index is -2.08. The van der Waals surface area contributed by atoms with Crippen LogP contribution in [0.5, 0.6) is 0 Å². The van der Waals surface area contributed by atoms with Gasteiger partial charge in [-0.2, -0.15) is 0 Å². The first-order chi connectivity index (χ1) is 42.9. The average Bonchev–Trinajstić information content (AvgIpc) is 1.34. The van der Waals surface area contributed by atoms with Crippen LogP contribution in [-0.4, -0.2) is 121 Å². The highest BCUT2D eigenvalue weighted by Crippen LogP contribution is 2.37. The lowest BCUT2D eigenvalue weighted by atomic mass is 9.95. The predicted octanol–water partition coefficient (Wildman–Crippen LogP) is 9.65. The van der Waals surface area contributed by atoms with Crippen molar-refractivity contribution in [3.8, 4) is 0 Å². The summed E-state index contributed by atoms with van der Waals surface area (Å²) < 4.78 is 64.5. The molecule has 88 heavy (non-hydrogen) atoms. The molecule has 19 nitrogen and oxygen atoms in total. The molecule has 0 amide bonds. The number of anilines is 1. The summed E-state index contributed by atoms with van der Waals surface area (Å²) in [6.45, 7) is -1.46. The predicted molar refractivity (Wildman–Crippen MR) is 320 cm³/mol. The molecule has 2 heterocycles. The molecular formula is C68H56N2O17S.